The van der Waals surface area contributed by atoms with E-state index in [0.29, 0.717) is 6.61 Å². The Hall–Kier alpha value is -1.67. The van der Waals surface area contributed by atoms with Crippen LogP contribution in [0.15, 0.2) is 42.5 Å². The molecule has 2 N–H and O–H groups in total. The second-order valence-corrected chi connectivity index (χ2v) is 4.30. The first-order valence-corrected chi connectivity index (χ1v) is 5.69. The molecule has 18 heavy (non-hydrogen) atoms. The Bertz CT molecular complexity index is 526. The summed E-state index contributed by atoms with van der Waals surface area (Å²) in [5, 5.41) is 0. The first-order valence-electron chi connectivity index (χ1n) is 5.69. The van der Waals surface area contributed by atoms with Gasteiger partial charge < -0.3 is 10.5 Å². The van der Waals surface area contributed by atoms with Gasteiger partial charge in [-0.1, -0.05) is 29.8 Å². The third kappa shape index (κ3) is 3.67. The topological polar surface area (TPSA) is 35.2 Å². The van der Waals surface area contributed by atoms with Crippen LogP contribution >= 0.6 is 12.4 Å². The normalized spacial score (nSPS) is 9.67. The van der Waals surface area contributed by atoms with Crippen LogP contribution in [0.1, 0.15) is 16.7 Å². The van der Waals surface area contributed by atoms with Crippen LogP contribution in [-0.2, 0) is 6.61 Å². The molecule has 0 heterocycles. The number of nitrogen functional groups attached to an aromatic ring is 1. The molecular weight excluding hydrogens is 246 g/mol. The third-order valence-corrected chi connectivity index (χ3v) is 2.73. The number of aryl methyl sites for hydroxylation is 2. The second-order valence-electron chi connectivity index (χ2n) is 4.30. The van der Waals surface area contributed by atoms with Crippen molar-refractivity contribution in [2.75, 3.05) is 5.73 Å². The van der Waals surface area contributed by atoms with E-state index in [1.165, 1.54) is 11.1 Å². The van der Waals surface area contributed by atoms with Gasteiger partial charge >= 0.3 is 0 Å². The van der Waals surface area contributed by atoms with Crippen LogP contribution in [0, 0.1) is 13.8 Å². The van der Waals surface area contributed by atoms with E-state index in [0.717, 1.165) is 17.0 Å². The number of anilines is 1. The molecule has 3 heteroatoms. The van der Waals surface area contributed by atoms with Gasteiger partial charge in [-0.2, -0.15) is 0 Å². The Morgan fingerprint density at radius 3 is 2.50 bits per heavy atom. The first-order chi connectivity index (χ1) is 8.15. The van der Waals surface area contributed by atoms with Gasteiger partial charge in [0, 0.05) is 5.69 Å². The van der Waals surface area contributed by atoms with Crippen LogP contribution in [0.5, 0.6) is 5.75 Å². The van der Waals surface area contributed by atoms with Crippen molar-refractivity contribution < 1.29 is 4.74 Å². The lowest BCUT2D eigenvalue weighted by Gasteiger charge is -2.08. The van der Waals surface area contributed by atoms with E-state index in [9.17, 15) is 0 Å². The second kappa shape index (κ2) is 6.31. The Morgan fingerprint density at radius 1 is 1.06 bits per heavy atom. The van der Waals surface area contributed by atoms with Gasteiger partial charge in [-0.3, -0.25) is 0 Å². The van der Waals surface area contributed by atoms with Crippen LogP contribution in [0.2, 0.25) is 0 Å². The van der Waals surface area contributed by atoms with Gasteiger partial charge in [0.05, 0.1) is 0 Å². The first kappa shape index (κ1) is 14.4. The number of halogens is 1. The lowest BCUT2D eigenvalue weighted by Crippen LogP contribution is -1.97. The van der Waals surface area contributed by atoms with Gasteiger partial charge in [-0.05, 0) is 43.2 Å². The largest absolute Gasteiger partial charge is 0.489 e. The highest BCUT2D eigenvalue weighted by Gasteiger charge is 1.99. The monoisotopic (exact) mass is 263 g/mol. The van der Waals surface area contributed by atoms with E-state index in [-0.39, 0.29) is 12.4 Å². The molecule has 0 aliphatic heterocycles. The van der Waals surface area contributed by atoms with Crippen LogP contribution in [0.25, 0.3) is 0 Å². The summed E-state index contributed by atoms with van der Waals surface area (Å²) in [5.41, 5.74) is 10.0. The van der Waals surface area contributed by atoms with Crippen molar-refractivity contribution in [1.29, 1.82) is 0 Å². The summed E-state index contributed by atoms with van der Waals surface area (Å²) in [7, 11) is 0. The van der Waals surface area contributed by atoms with Crippen LogP contribution in [-0.4, -0.2) is 0 Å². The molecule has 0 bridgehead atoms. The lowest BCUT2D eigenvalue weighted by atomic mass is 10.1. The minimum atomic E-state index is 0. The number of rotatable bonds is 3. The maximum absolute atomic E-state index is 5.76. The molecule has 0 unspecified atom stereocenters. The Morgan fingerprint density at radius 2 is 1.83 bits per heavy atom. The summed E-state index contributed by atoms with van der Waals surface area (Å²) in [6, 6.07) is 14.1. The molecule has 0 amide bonds. The molecule has 0 spiro atoms. The van der Waals surface area contributed by atoms with Gasteiger partial charge in [0.1, 0.15) is 12.4 Å². The van der Waals surface area contributed by atoms with E-state index < -0.39 is 0 Å². The smallest absolute Gasteiger partial charge is 0.120 e. The fourth-order valence-electron chi connectivity index (χ4n) is 1.71. The number of hydrogen-bond donors (Lipinski definition) is 1. The van der Waals surface area contributed by atoms with Gasteiger partial charge in [0.2, 0.25) is 0 Å². The predicted molar refractivity (Wildman–Crippen MR) is 78.4 cm³/mol. The average molecular weight is 264 g/mol. The zero-order valence-corrected chi connectivity index (χ0v) is 11.5. The summed E-state index contributed by atoms with van der Waals surface area (Å²) in [4.78, 5) is 0. The quantitative estimate of drug-likeness (QED) is 0.853. The number of nitrogens with two attached hydrogens (primary N) is 1. The summed E-state index contributed by atoms with van der Waals surface area (Å²) in [6.07, 6.45) is 0. The fraction of sp³-hybridized carbons (Fsp3) is 0.200. The minimum Gasteiger partial charge on any atom is -0.489 e. The Kier molecular flexibility index (Phi) is 5.05. The van der Waals surface area contributed by atoms with Crippen LogP contribution in [0.3, 0.4) is 0 Å². The maximum atomic E-state index is 5.76. The third-order valence-electron chi connectivity index (χ3n) is 2.73. The van der Waals surface area contributed by atoms with Crippen molar-refractivity contribution in [2.24, 2.45) is 0 Å². The van der Waals surface area contributed by atoms with Gasteiger partial charge in [0.15, 0.2) is 0 Å². The molecule has 2 aromatic carbocycles. The van der Waals surface area contributed by atoms with E-state index in [1.807, 2.05) is 31.2 Å². The van der Waals surface area contributed by atoms with Crippen molar-refractivity contribution in [3.05, 3.63) is 59.2 Å². The zero-order valence-electron chi connectivity index (χ0n) is 10.6. The average Bonchev–Trinajstić information content (AvgIpc) is 2.31. The predicted octanol–water partition coefficient (Wildman–Crippen LogP) is 3.89. The molecule has 2 rings (SSSR count). The molecule has 96 valence electrons. The molecule has 0 saturated carbocycles. The minimum absolute atomic E-state index is 0. The van der Waals surface area contributed by atoms with Gasteiger partial charge in [-0.25, -0.2) is 0 Å². The maximum Gasteiger partial charge on any atom is 0.120 e. The molecule has 0 atom stereocenters. The number of ether oxygens (including phenoxy) is 1. The number of hydrogen-bond acceptors (Lipinski definition) is 2. The molecular formula is C15H18ClNO. The SMILES string of the molecule is Cc1cccc(COc2ccc(N)c(C)c2)c1.Cl. The molecule has 0 fully saturated rings. The molecule has 2 nitrogen and oxygen atoms in total. The molecule has 2 aromatic rings. The summed E-state index contributed by atoms with van der Waals surface area (Å²) >= 11 is 0. The molecule has 0 aliphatic rings. The summed E-state index contributed by atoms with van der Waals surface area (Å²) in [5.74, 6) is 0.859. The van der Waals surface area contributed by atoms with Gasteiger partial charge in [0.25, 0.3) is 0 Å². The van der Waals surface area contributed by atoms with Gasteiger partial charge in [-0.15, -0.1) is 12.4 Å². The molecule has 0 aromatic heterocycles. The zero-order chi connectivity index (χ0) is 12.3. The van der Waals surface area contributed by atoms with E-state index in [1.54, 1.807) is 0 Å². The van der Waals surface area contributed by atoms with Crippen LogP contribution < -0.4 is 10.5 Å². The fourth-order valence-corrected chi connectivity index (χ4v) is 1.71. The van der Waals surface area contributed by atoms with E-state index in [4.69, 9.17) is 10.5 Å². The van der Waals surface area contributed by atoms with E-state index >= 15 is 0 Å². The highest BCUT2D eigenvalue weighted by molar-refractivity contribution is 5.85. The Balaban J connectivity index is 0.00000162. The molecule has 0 radical (unpaired) electrons. The van der Waals surface area contributed by atoms with Crippen molar-refractivity contribution in [1.82, 2.24) is 0 Å². The molecule has 0 saturated heterocycles. The van der Waals surface area contributed by atoms with Crippen molar-refractivity contribution in [3.8, 4) is 5.75 Å². The lowest BCUT2D eigenvalue weighted by molar-refractivity contribution is 0.306. The Labute approximate surface area is 114 Å². The number of benzene rings is 2. The summed E-state index contributed by atoms with van der Waals surface area (Å²) in [6.45, 7) is 4.65. The standard InChI is InChI=1S/C15H17NO.ClH/c1-11-4-3-5-13(8-11)10-17-14-6-7-15(16)12(2)9-14;/h3-9H,10,16H2,1-2H3;1H. The van der Waals surface area contributed by atoms with Crippen molar-refractivity contribution in [3.63, 3.8) is 0 Å². The van der Waals surface area contributed by atoms with E-state index in [2.05, 4.69) is 25.1 Å². The van der Waals surface area contributed by atoms with Crippen LogP contribution in [0.4, 0.5) is 5.69 Å². The highest BCUT2D eigenvalue weighted by Crippen LogP contribution is 2.19. The highest BCUT2D eigenvalue weighted by atomic mass is 35.5. The molecule has 0 aliphatic carbocycles. The van der Waals surface area contributed by atoms with Crippen molar-refractivity contribution >= 4 is 18.1 Å². The van der Waals surface area contributed by atoms with Crippen molar-refractivity contribution in [2.45, 2.75) is 20.5 Å². The summed E-state index contributed by atoms with van der Waals surface area (Å²) < 4.78 is 5.73.